The number of benzene rings is 2. The van der Waals surface area contributed by atoms with Crippen LogP contribution in [0.3, 0.4) is 0 Å². The third-order valence-corrected chi connectivity index (χ3v) is 8.51. The van der Waals surface area contributed by atoms with Crippen LogP contribution in [0.1, 0.15) is 46.0 Å². The molecule has 1 saturated heterocycles. The Balaban J connectivity index is 1.48. The Morgan fingerprint density at radius 3 is 2.47 bits per heavy atom. The molecule has 4 N–H and O–H groups in total. The largest absolute Gasteiger partial charge is 0.493 e. The Morgan fingerprint density at radius 1 is 1.16 bits per heavy atom. The van der Waals surface area contributed by atoms with Crippen molar-refractivity contribution in [3.8, 4) is 11.5 Å². The van der Waals surface area contributed by atoms with Crippen molar-refractivity contribution in [3.05, 3.63) is 57.6 Å². The lowest BCUT2D eigenvalue weighted by molar-refractivity contribution is -0.189. The molecule has 0 aromatic heterocycles. The number of nitrogens with two attached hydrogens (primary N) is 1. The van der Waals surface area contributed by atoms with E-state index in [1.807, 2.05) is 4.72 Å². The molecular weight excluding hydrogens is 667 g/mol. The molecule has 2 amide bonds. The van der Waals surface area contributed by atoms with E-state index in [2.05, 4.69) is 30.7 Å². The van der Waals surface area contributed by atoms with Gasteiger partial charge in [0.25, 0.3) is 0 Å². The molecular formula is C26H27BrF3N3O9S. The van der Waals surface area contributed by atoms with E-state index >= 15 is 0 Å². The Bertz CT molecular complexity index is 1500. The molecule has 2 aromatic rings. The third kappa shape index (κ3) is 8.90. The summed E-state index contributed by atoms with van der Waals surface area (Å²) in [4.78, 5) is 47.4. The first-order valence-electron chi connectivity index (χ1n) is 12.6. The van der Waals surface area contributed by atoms with Crippen molar-refractivity contribution in [2.45, 2.75) is 43.2 Å². The zero-order chi connectivity index (χ0) is 31.9. The van der Waals surface area contributed by atoms with Gasteiger partial charge in [-0.1, -0.05) is 34.1 Å². The van der Waals surface area contributed by atoms with Crippen LogP contribution in [0.15, 0.2) is 40.9 Å². The van der Waals surface area contributed by atoms with Crippen LogP contribution in [-0.2, 0) is 35.6 Å². The van der Waals surface area contributed by atoms with Gasteiger partial charge in [0.2, 0.25) is 21.8 Å². The average Bonchev–Trinajstić information content (AvgIpc) is 3.20. The number of methoxy groups -OCH3 is 1. The zero-order valence-corrected chi connectivity index (χ0v) is 24.9. The van der Waals surface area contributed by atoms with Crippen molar-refractivity contribution in [3.63, 3.8) is 0 Å². The zero-order valence-electron chi connectivity index (χ0n) is 22.5. The van der Waals surface area contributed by atoms with Crippen LogP contribution in [0.25, 0.3) is 0 Å². The summed E-state index contributed by atoms with van der Waals surface area (Å²) in [6, 6.07) is 7.44. The first-order valence-corrected chi connectivity index (χ1v) is 15.0. The number of amides is 2. The quantitative estimate of drug-likeness (QED) is 0.170. The molecule has 43 heavy (non-hydrogen) atoms. The number of hydrogen-bond acceptors (Lipinski definition) is 10. The summed E-state index contributed by atoms with van der Waals surface area (Å²) in [5.41, 5.74) is 6.60. The second-order valence-electron chi connectivity index (χ2n) is 9.28. The Hall–Kier alpha value is -3.70. The van der Waals surface area contributed by atoms with E-state index in [-0.39, 0.29) is 31.7 Å². The van der Waals surface area contributed by atoms with Crippen LogP contribution >= 0.6 is 15.9 Å². The molecule has 17 heteroatoms. The van der Waals surface area contributed by atoms with E-state index in [9.17, 15) is 40.8 Å². The van der Waals surface area contributed by atoms with Crippen molar-refractivity contribution < 1.29 is 55.0 Å². The van der Waals surface area contributed by atoms with E-state index < -0.39 is 62.6 Å². The molecule has 12 nitrogen and oxygen atoms in total. The molecule has 1 fully saturated rings. The number of nitrogens with one attached hydrogen (secondary N) is 2. The molecule has 0 bridgehead atoms. The second kappa shape index (κ2) is 14.2. The van der Waals surface area contributed by atoms with Gasteiger partial charge in [-0.2, -0.15) is 13.2 Å². The molecule has 0 spiro atoms. The number of hydrogen-bond donors (Lipinski definition) is 3. The number of carbonyl (C=O) groups is 4. The van der Waals surface area contributed by atoms with E-state index in [4.69, 9.17) is 10.5 Å². The van der Waals surface area contributed by atoms with Gasteiger partial charge in [-0.15, -0.1) is 0 Å². The minimum absolute atomic E-state index is 0.000789. The predicted molar refractivity (Wildman–Crippen MR) is 147 cm³/mol. The molecule has 1 aliphatic heterocycles. The van der Waals surface area contributed by atoms with Gasteiger partial charge >= 0.3 is 18.1 Å². The van der Waals surface area contributed by atoms with Crippen molar-refractivity contribution in [1.29, 1.82) is 0 Å². The normalized spacial score (nSPS) is 16.6. The van der Waals surface area contributed by atoms with Gasteiger partial charge < -0.3 is 25.3 Å². The maximum Gasteiger partial charge on any atom is 0.491 e. The molecule has 0 saturated carbocycles. The van der Waals surface area contributed by atoms with Gasteiger partial charge in [0, 0.05) is 11.0 Å². The van der Waals surface area contributed by atoms with Crippen LogP contribution in [0, 0.1) is 0 Å². The first kappa shape index (κ1) is 33.8. The van der Waals surface area contributed by atoms with Gasteiger partial charge in [0.1, 0.15) is 22.3 Å². The number of ether oxygens (including phenoxy) is 3. The summed E-state index contributed by atoms with van der Waals surface area (Å²) in [5, 5.41) is 1.66. The van der Waals surface area contributed by atoms with Gasteiger partial charge in [-0.3, -0.25) is 14.3 Å². The van der Waals surface area contributed by atoms with Crippen LogP contribution < -0.4 is 25.2 Å². The SMILES string of the molecule is COC(=O)c1c(OCCCCNC(=O)[C@@H](N)Cc2ccc(C3CC(=O)NS3(=O)=O)c(Br)c2)cccc1OC(=O)C(F)(F)F. The number of sulfonamides is 1. The van der Waals surface area contributed by atoms with E-state index in [1.165, 1.54) is 12.1 Å². The minimum Gasteiger partial charge on any atom is -0.493 e. The summed E-state index contributed by atoms with van der Waals surface area (Å²) in [5.74, 6) is -5.44. The van der Waals surface area contributed by atoms with Crippen LogP contribution in [0.5, 0.6) is 11.5 Å². The fourth-order valence-electron chi connectivity index (χ4n) is 4.06. The molecule has 3 rings (SSSR count). The molecule has 2 atom stereocenters. The lowest BCUT2D eigenvalue weighted by Gasteiger charge is -2.15. The summed E-state index contributed by atoms with van der Waals surface area (Å²) in [6.45, 7) is 0.215. The molecule has 0 radical (unpaired) electrons. The summed E-state index contributed by atoms with van der Waals surface area (Å²) >= 11 is 3.33. The fraction of sp³-hybridized carbons (Fsp3) is 0.385. The fourth-order valence-corrected chi connectivity index (χ4v) is 6.37. The first-order chi connectivity index (χ1) is 20.1. The van der Waals surface area contributed by atoms with Crippen LogP contribution in [-0.4, -0.2) is 64.7 Å². The lowest BCUT2D eigenvalue weighted by Crippen LogP contribution is -2.42. The number of carbonyl (C=O) groups excluding carboxylic acids is 4. The molecule has 1 aliphatic rings. The summed E-state index contributed by atoms with van der Waals surface area (Å²) in [6.07, 6.45) is -4.55. The highest BCUT2D eigenvalue weighted by Crippen LogP contribution is 2.35. The van der Waals surface area contributed by atoms with Gasteiger partial charge in [0.15, 0.2) is 0 Å². The highest BCUT2D eigenvalue weighted by Gasteiger charge is 2.42. The topological polar surface area (TPSA) is 180 Å². The number of unbranched alkanes of at least 4 members (excludes halogenated alkanes) is 1. The smallest absolute Gasteiger partial charge is 0.491 e. The average molecular weight is 694 g/mol. The third-order valence-electron chi connectivity index (χ3n) is 6.15. The standard InChI is InChI=1S/C26H27BrF3N3O9S/c1-40-24(36)22-18(5-4-6-19(22)42-25(37)26(28,29)30)41-10-3-2-9-32-23(35)17(31)12-14-7-8-15(16(27)11-14)20-13-21(34)33-43(20,38)39/h4-8,11,17,20H,2-3,9-10,12-13,31H2,1H3,(H,32,35)(H,33,34)/t17-,20?/m0/s1. The van der Waals surface area contributed by atoms with Crippen LogP contribution in [0.2, 0.25) is 0 Å². The summed E-state index contributed by atoms with van der Waals surface area (Å²) < 4.78 is 78.9. The van der Waals surface area contributed by atoms with Crippen LogP contribution in [0.4, 0.5) is 13.2 Å². The van der Waals surface area contributed by atoms with E-state index in [0.717, 1.165) is 13.2 Å². The van der Waals surface area contributed by atoms with Gasteiger partial charge in [0.05, 0.1) is 26.2 Å². The highest BCUT2D eigenvalue weighted by atomic mass is 79.9. The van der Waals surface area contributed by atoms with Crippen molar-refractivity contribution >= 4 is 49.7 Å². The lowest BCUT2D eigenvalue weighted by atomic mass is 10.0. The molecule has 0 aliphatic carbocycles. The van der Waals surface area contributed by atoms with Gasteiger partial charge in [-0.25, -0.2) is 18.0 Å². The predicted octanol–water partition coefficient (Wildman–Crippen LogP) is 2.44. The molecule has 1 heterocycles. The maximum atomic E-state index is 12.6. The Labute approximate surface area is 252 Å². The maximum absolute atomic E-state index is 12.6. The number of rotatable bonds is 12. The highest BCUT2D eigenvalue weighted by molar-refractivity contribution is 9.10. The van der Waals surface area contributed by atoms with E-state index in [1.54, 1.807) is 18.2 Å². The minimum atomic E-state index is -5.28. The van der Waals surface area contributed by atoms with Crippen molar-refractivity contribution in [2.24, 2.45) is 5.73 Å². The molecule has 234 valence electrons. The summed E-state index contributed by atoms with van der Waals surface area (Å²) in [7, 11) is -2.82. The monoisotopic (exact) mass is 693 g/mol. The number of alkyl halides is 3. The van der Waals surface area contributed by atoms with E-state index in [0.29, 0.717) is 28.4 Å². The van der Waals surface area contributed by atoms with Crippen molar-refractivity contribution in [1.82, 2.24) is 10.0 Å². The second-order valence-corrected chi connectivity index (χ2v) is 12.0. The number of halogens is 4. The van der Waals surface area contributed by atoms with Crippen molar-refractivity contribution in [2.75, 3.05) is 20.3 Å². The molecule has 1 unspecified atom stereocenters. The molecule has 2 aromatic carbocycles. The number of esters is 2. The van der Waals surface area contributed by atoms with Gasteiger partial charge in [-0.05, 0) is 48.6 Å². The Morgan fingerprint density at radius 2 is 1.86 bits per heavy atom. The Kier molecular flexibility index (Phi) is 11.1.